The van der Waals surface area contributed by atoms with Crippen molar-refractivity contribution in [2.24, 2.45) is 0 Å². The average Bonchev–Trinajstić information content (AvgIpc) is 2.87. The largest absolute Gasteiger partial charge is 0.383 e. The Morgan fingerprint density at radius 2 is 2.26 bits per heavy atom. The standard InChI is InChI=1S/C14H17N5O3S/c1-3-11-8(2)23-12(18-11)4-5-16-14(20)10-6-9(19(21)22)7-17-13(10)15/h6-7H,3-5H2,1-2H3,(H2,15,17)(H,16,20). The fourth-order valence-electron chi connectivity index (χ4n) is 2.05. The van der Waals surface area contributed by atoms with Crippen molar-refractivity contribution in [1.29, 1.82) is 0 Å². The molecule has 2 heterocycles. The zero-order chi connectivity index (χ0) is 17.0. The molecule has 0 aliphatic rings. The highest BCUT2D eigenvalue weighted by Crippen LogP contribution is 2.19. The van der Waals surface area contributed by atoms with Crippen molar-refractivity contribution in [3.63, 3.8) is 0 Å². The minimum absolute atomic E-state index is 0.00349. The number of anilines is 1. The van der Waals surface area contributed by atoms with Gasteiger partial charge in [0.2, 0.25) is 0 Å². The number of rotatable bonds is 6. The number of thiazole rings is 1. The second-order valence-electron chi connectivity index (χ2n) is 4.85. The fourth-order valence-corrected chi connectivity index (χ4v) is 3.07. The SMILES string of the molecule is CCc1nc(CCNC(=O)c2cc([N+](=O)[O-])cnc2N)sc1C. The molecule has 2 aromatic heterocycles. The average molecular weight is 335 g/mol. The molecule has 122 valence electrons. The molecule has 0 radical (unpaired) electrons. The van der Waals surface area contributed by atoms with Gasteiger partial charge in [-0.1, -0.05) is 6.92 Å². The van der Waals surface area contributed by atoms with E-state index in [1.54, 1.807) is 11.3 Å². The molecular formula is C14H17N5O3S. The first-order chi connectivity index (χ1) is 10.9. The van der Waals surface area contributed by atoms with Crippen molar-refractivity contribution in [3.05, 3.63) is 43.5 Å². The second kappa shape index (κ2) is 7.14. The number of pyridine rings is 1. The summed E-state index contributed by atoms with van der Waals surface area (Å²) in [5.74, 6) is -0.519. The van der Waals surface area contributed by atoms with Gasteiger partial charge < -0.3 is 11.1 Å². The van der Waals surface area contributed by atoms with E-state index < -0.39 is 10.8 Å². The maximum Gasteiger partial charge on any atom is 0.288 e. The van der Waals surface area contributed by atoms with Gasteiger partial charge in [-0.2, -0.15) is 0 Å². The highest BCUT2D eigenvalue weighted by Gasteiger charge is 2.16. The van der Waals surface area contributed by atoms with E-state index in [2.05, 4.69) is 15.3 Å². The Balaban J connectivity index is 1.99. The Kier molecular flexibility index (Phi) is 5.22. The summed E-state index contributed by atoms with van der Waals surface area (Å²) in [6.45, 7) is 4.44. The predicted molar refractivity (Wildman–Crippen MR) is 87.6 cm³/mol. The predicted octanol–water partition coefficient (Wildman–Crippen LogP) is 1.87. The topological polar surface area (TPSA) is 124 Å². The number of carbonyl (C=O) groups excluding carboxylic acids is 1. The second-order valence-corrected chi connectivity index (χ2v) is 6.14. The number of nitrogens with zero attached hydrogens (tertiary/aromatic N) is 3. The molecule has 2 aromatic rings. The van der Waals surface area contributed by atoms with E-state index in [0.29, 0.717) is 13.0 Å². The van der Waals surface area contributed by atoms with Gasteiger partial charge in [0.15, 0.2) is 0 Å². The quantitative estimate of drug-likeness (QED) is 0.613. The van der Waals surface area contributed by atoms with Gasteiger partial charge in [-0.25, -0.2) is 9.97 Å². The van der Waals surface area contributed by atoms with Gasteiger partial charge in [0.25, 0.3) is 11.6 Å². The van der Waals surface area contributed by atoms with Crippen LogP contribution in [0.2, 0.25) is 0 Å². The van der Waals surface area contributed by atoms with E-state index in [4.69, 9.17) is 5.73 Å². The van der Waals surface area contributed by atoms with Crippen molar-refractivity contribution < 1.29 is 9.72 Å². The summed E-state index contributed by atoms with van der Waals surface area (Å²) in [6, 6.07) is 1.13. The minimum atomic E-state index is -0.617. The molecule has 23 heavy (non-hydrogen) atoms. The highest BCUT2D eigenvalue weighted by molar-refractivity contribution is 7.11. The number of amides is 1. The summed E-state index contributed by atoms with van der Waals surface area (Å²) in [5, 5.41) is 14.4. The zero-order valence-electron chi connectivity index (χ0n) is 12.8. The molecule has 3 N–H and O–H groups in total. The fraction of sp³-hybridized carbons (Fsp3) is 0.357. The van der Waals surface area contributed by atoms with Crippen LogP contribution >= 0.6 is 11.3 Å². The van der Waals surface area contributed by atoms with Crippen molar-refractivity contribution in [1.82, 2.24) is 15.3 Å². The van der Waals surface area contributed by atoms with Gasteiger partial charge in [0.05, 0.1) is 21.2 Å². The van der Waals surface area contributed by atoms with Crippen LogP contribution in [0.15, 0.2) is 12.3 Å². The molecule has 0 fully saturated rings. The number of aromatic nitrogens is 2. The Morgan fingerprint density at radius 1 is 1.52 bits per heavy atom. The van der Waals surface area contributed by atoms with Crippen LogP contribution in [0.3, 0.4) is 0 Å². The monoisotopic (exact) mass is 335 g/mol. The molecule has 0 bridgehead atoms. The third kappa shape index (κ3) is 4.01. The summed E-state index contributed by atoms with van der Waals surface area (Å²) in [7, 11) is 0. The third-order valence-electron chi connectivity index (χ3n) is 3.26. The van der Waals surface area contributed by atoms with Crippen LogP contribution in [0.1, 0.15) is 32.9 Å². The smallest absolute Gasteiger partial charge is 0.288 e. The number of hydrogen-bond acceptors (Lipinski definition) is 7. The van der Waals surface area contributed by atoms with Crippen molar-refractivity contribution >= 4 is 28.7 Å². The van der Waals surface area contributed by atoms with E-state index in [9.17, 15) is 14.9 Å². The number of carbonyl (C=O) groups is 1. The number of aryl methyl sites for hydroxylation is 2. The number of nitrogens with two attached hydrogens (primary N) is 1. The Labute approximate surface area is 136 Å². The number of nitrogens with one attached hydrogen (secondary N) is 1. The maximum atomic E-state index is 12.1. The van der Waals surface area contributed by atoms with Gasteiger partial charge in [-0.05, 0) is 13.3 Å². The molecule has 8 nitrogen and oxygen atoms in total. The lowest BCUT2D eigenvalue weighted by Gasteiger charge is -2.06. The van der Waals surface area contributed by atoms with Crippen LogP contribution in [0, 0.1) is 17.0 Å². The molecule has 0 aliphatic heterocycles. The van der Waals surface area contributed by atoms with E-state index in [-0.39, 0.29) is 17.1 Å². The van der Waals surface area contributed by atoms with Gasteiger partial charge >= 0.3 is 0 Å². The first-order valence-electron chi connectivity index (χ1n) is 7.05. The first kappa shape index (κ1) is 16.8. The molecule has 1 amide bonds. The summed E-state index contributed by atoms with van der Waals surface area (Å²) >= 11 is 1.61. The Hall–Kier alpha value is -2.55. The summed E-state index contributed by atoms with van der Waals surface area (Å²) < 4.78 is 0. The van der Waals surface area contributed by atoms with Gasteiger partial charge in [0.1, 0.15) is 12.0 Å². The van der Waals surface area contributed by atoms with E-state index in [0.717, 1.165) is 29.4 Å². The first-order valence-corrected chi connectivity index (χ1v) is 7.87. The van der Waals surface area contributed by atoms with Crippen LogP contribution in [0.25, 0.3) is 0 Å². The van der Waals surface area contributed by atoms with Gasteiger partial charge in [0, 0.05) is 23.9 Å². The number of hydrogen-bond donors (Lipinski definition) is 2. The lowest BCUT2D eigenvalue weighted by molar-refractivity contribution is -0.385. The minimum Gasteiger partial charge on any atom is -0.383 e. The normalized spacial score (nSPS) is 10.5. The lowest BCUT2D eigenvalue weighted by Crippen LogP contribution is -2.26. The number of nitro groups is 1. The van der Waals surface area contributed by atoms with E-state index in [1.807, 2.05) is 13.8 Å². The van der Waals surface area contributed by atoms with Crippen LogP contribution in [0.5, 0.6) is 0 Å². The van der Waals surface area contributed by atoms with Gasteiger partial charge in [-0.3, -0.25) is 14.9 Å². The van der Waals surface area contributed by atoms with Crippen molar-refractivity contribution in [3.8, 4) is 0 Å². The van der Waals surface area contributed by atoms with Crippen LogP contribution in [-0.4, -0.2) is 27.3 Å². The van der Waals surface area contributed by atoms with Crippen molar-refractivity contribution in [2.45, 2.75) is 26.7 Å². The van der Waals surface area contributed by atoms with Crippen LogP contribution in [0.4, 0.5) is 11.5 Å². The number of nitrogen functional groups attached to an aromatic ring is 1. The molecular weight excluding hydrogens is 318 g/mol. The molecule has 0 aliphatic carbocycles. The van der Waals surface area contributed by atoms with E-state index >= 15 is 0 Å². The highest BCUT2D eigenvalue weighted by atomic mass is 32.1. The molecule has 2 rings (SSSR count). The summed E-state index contributed by atoms with van der Waals surface area (Å²) in [4.78, 5) is 31.6. The Morgan fingerprint density at radius 3 is 2.87 bits per heavy atom. The van der Waals surface area contributed by atoms with E-state index in [1.165, 1.54) is 4.88 Å². The molecule has 0 saturated carbocycles. The lowest BCUT2D eigenvalue weighted by atomic mass is 10.2. The van der Waals surface area contributed by atoms with Crippen LogP contribution < -0.4 is 11.1 Å². The summed E-state index contributed by atoms with van der Waals surface area (Å²) in [5.41, 5.74) is 6.42. The Bertz CT molecular complexity index is 744. The van der Waals surface area contributed by atoms with Gasteiger partial charge in [-0.15, -0.1) is 11.3 Å². The summed E-state index contributed by atoms with van der Waals surface area (Å²) in [6.07, 6.45) is 2.50. The molecule has 0 unspecified atom stereocenters. The molecule has 0 saturated heterocycles. The van der Waals surface area contributed by atoms with Crippen molar-refractivity contribution in [2.75, 3.05) is 12.3 Å². The maximum absolute atomic E-state index is 12.1. The molecule has 0 atom stereocenters. The van der Waals surface area contributed by atoms with Crippen LogP contribution in [-0.2, 0) is 12.8 Å². The zero-order valence-corrected chi connectivity index (χ0v) is 13.6. The third-order valence-corrected chi connectivity index (χ3v) is 4.33. The molecule has 9 heteroatoms. The molecule has 0 aromatic carbocycles. The molecule has 0 spiro atoms.